The first-order chi connectivity index (χ1) is 14.6. The van der Waals surface area contributed by atoms with Crippen LogP contribution in [0, 0.1) is 23.5 Å². The van der Waals surface area contributed by atoms with Crippen molar-refractivity contribution in [3.05, 3.63) is 59.2 Å². The number of ether oxygens (including phenoxy) is 1. The molecule has 0 spiro atoms. The van der Waals surface area contributed by atoms with Gasteiger partial charge in [-0.25, -0.2) is 8.78 Å². The number of aryl methyl sites for hydroxylation is 1. The Morgan fingerprint density at radius 1 is 0.833 bits per heavy atom. The zero-order valence-electron chi connectivity index (χ0n) is 18.6. The molecule has 2 aromatic rings. The van der Waals surface area contributed by atoms with Crippen molar-refractivity contribution >= 4 is 0 Å². The van der Waals surface area contributed by atoms with Gasteiger partial charge in [-0.2, -0.15) is 0 Å². The third-order valence-corrected chi connectivity index (χ3v) is 6.74. The van der Waals surface area contributed by atoms with Crippen molar-refractivity contribution in [3.8, 4) is 11.1 Å². The summed E-state index contributed by atoms with van der Waals surface area (Å²) >= 11 is 0. The SMILES string of the molecule is CCCCCC1CCC(CCc2ccc(-c3cc(F)c(COC)c(F)c3)cc2)CC1. The van der Waals surface area contributed by atoms with Gasteiger partial charge in [0.25, 0.3) is 0 Å². The number of hydrogen-bond donors (Lipinski definition) is 0. The first-order valence-electron chi connectivity index (χ1n) is 11.7. The van der Waals surface area contributed by atoms with E-state index in [0.717, 1.165) is 23.8 Å². The second-order valence-corrected chi connectivity index (χ2v) is 8.97. The fourth-order valence-corrected chi connectivity index (χ4v) is 4.78. The third-order valence-electron chi connectivity index (χ3n) is 6.74. The van der Waals surface area contributed by atoms with Crippen LogP contribution in [0.2, 0.25) is 0 Å². The average Bonchev–Trinajstić information content (AvgIpc) is 2.76. The van der Waals surface area contributed by atoms with Crippen molar-refractivity contribution in [2.24, 2.45) is 11.8 Å². The zero-order valence-corrected chi connectivity index (χ0v) is 18.6. The predicted octanol–water partition coefficient (Wildman–Crippen LogP) is 8.10. The molecule has 2 aromatic carbocycles. The standard InChI is InChI=1S/C27H36F2O/c1-3-4-5-6-20-7-9-21(10-8-20)11-12-22-13-15-23(16-14-22)24-17-26(28)25(19-30-2)27(29)18-24/h13-18,20-21H,3-12,19H2,1-2H3. The summed E-state index contributed by atoms with van der Waals surface area (Å²) in [5.41, 5.74) is 2.70. The lowest BCUT2D eigenvalue weighted by Crippen LogP contribution is -2.15. The zero-order chi connectivity index (χ0) is 21.3. The Balaban J connectivity index is 1.50. The molecule has 0 unspecified atom stereocenters. The molecular weight excluding hydrogens is 378 g/mol. The van der Waals surface area contributed by atoms with E-state index < -0.39 is 11.6 Å². The van der Waals surface area contributed by atoms with Gasteiger partial charge in [0.05, 0.1) is 6.61 Å². The average molecular weight is 415 g/mol. The highest BCUT2D eigenvalue weighted by Crippen LogP contribution is 2.34. The van der Waals surface area contributed by atoms with Crippen LogP contribution in [0.25, 0.3) is 11.1 Å². The Morgan fingerprint density at radius 2 is 1.43 bits per heavy atom. The van der Waals surface area contributed by atoms with Gasteiger partial charge in [0.2, 0.25) is 0 Å². The van der Waals surface area contributed by atoms with E-state index in [0.29, 0.717) is 5.56 Å². The van der Waals surface area contributed by atoms with Crippen LogP contribution in [-0.4, -0.2) is 7.11 Å². The highest BCUT2D eigenvalue weighted by molar-refractivity contribution is 5.64. The van der Waals surface area contributed by atoms with Gasteiger partial charge in [-0.15, -0.1) is 0 Å². The fraction of sp³-hybridized carbons (Fsp3) is 0.556. The lowest BCUT2D eigenvalue weighted by Gasteiger charge is -2.28. The van der Waals surface area contributed by atoms with Gasteiger partial charge in [0.1, 0.15) is 11.6 Å². The maximum atomic E-state index is 14.2. The van der Waals surface area contributed by atoms with E-state index in [9.17, 15) is 8.78 Å². The number of hydrogen-bond acceptors (Lipinski definition) is 1. The van der Waals surface area contributed by atoms with Crippen molar-refractivity contribution in [2.45, 2.75) is 77.7 Å². The molecule has 3 rings (SSSR count). The van der Waals surface area contributed by atoms with Crippen molar-refractivity contribution < 1.29 is 13.5 Å². The molecule has 1 fully saturated rings. The lowest BCUT2D eigenvalue weighted by molar-refractivity contribution is 0.177. The Kier molecular flexibility index (Phi) is 8.87. The molecule has 1 saturated carbocycles. The molecular formula is C27H36F2O. The van der Waals surface area contributed by atoms with Gasteiger partial charge in [0, 0.05) is 12.7 Å². The largest absolute Gasteiger partial charge is 0.380 e. The normalized spacial score (nSPS) is 19.2. The van der Waals surface area contributed by atoms with Crippen molar-refractivity contribution in [3.63, 3.8) is 0 Å². The molecule has 3 heteroatoms. The van der Waals surface area contributed by atoms with E-state index in [2.05, 4.69) is 19.1 Å². The third kappa shape index (κ3) is 6.38. The topological polar surface area (TPSA) is 9.23 Å². The smallest absolute Gasteiger partial charge is 0.132 e. The van der Waals surface area contributed by atoms with Crippen LogP contribution >= 0.6 is 0 Å². The highest BCUT2D eigenvalue weighted by atomic mass is 19.1. The molecule has 1 aliphatic rings. The van der Waals surface area contributed by atoms with E-state index in [1.807, 2.05) is 12.1 Å². The fourth-order valence-electron chi connectivity index (χ4n) is 4.78. The summed E-state index contributed by atoms with van der Waals surface area (Å²) in [6, 6.07) is 10.9. The van der Waals surface area contributed by atoms with Gasteiger partial charge in [-0.05, 0) is 53.5 Å². The molecule has 0 N–H and O–H groups in total. The molecule has 164 valence electrons. The summed E-state index contributed by atoms with van der Waals surface area (Å²) in [5, 5.41) is 0. The van der Waals surface area contributed by atoms with Gasteiger partial charge in [-0.3, -0.25) is 0 Å². The summed E-state index contributed by atoms with van der Waals surface area (Å²) in [7, 11) is 1.44. The van der Waals surface area contributed by atoms with E-state index >= 15 is 0 Å². The molecule has 1 aliphatic carbocycles. The van der Waals surface area contributed by atoms with Crippen LogP contribution in [0.1, 0.15) is 75.8 Å². The molecule has 0 aromatic heterocycles. The number of benzene rings is 2. The molecule has 30 heavy (non-hydrogen) atoms. The molecule has 0 atom stereocenters. The quantitative estimate of drug-likeness (QED) is 0.357. The predicted molar refractivity (Wildman–Crippen MR) is 120 cm³/mol. The van der Waals surface area contributed by atoms with Crippen molar-refractivity contribution in [1.82, 2.24) is 0 Å². The minimum absolute atomic E-state index is 0.0158. The molecule has 0 saturated heterocycles. The Hall–Kier alpha value is -1.74. The Morgan fingerprint density at radius 3 is 2.00 bits per heavy atom. The van der Waals surface area contributed by atoms with Gasteiger partial charge >= 0.3 is 0 Å². The molecule has 0 amide bonds. The first kappa shape index (κ1) is 22.9. The summed E-state index contributed by atoms with van der Waals surface area (Å²) < 4.78 is 33.2. The van der Waals surface area contributed by atoms with Crippen LogP contribution in [0.3, 0.4) is 0 Å². The maximum absolute atomic E-state index is 14.2. The monoisotopic (exact) mass is 414 g/mol. The summed E-state index contributed by atoms with van der Waals surface area (Å²) in [4.78, 5) is 0. The molecule has 0 heterocycles. The summed E-state index contributed by atoms with van der Waals surface area (Å²) in [5.74, 6) is 0.703. The number of rotatable bonds is 10. The van der Waals surface area contributed by atoms with Crippen LogP contribution in [-0.2, 0) is 17.8 Å². The van der Waals surface area contributed by atoms with Gasteiger partial charge < -0.3 is 4.74 Å². The molecule has 0 bridgehead atoms. The highest BCUT2D eigenvalue weighted by Gasteiger charge is 2.20. The minimum Gasteiger partial charge on any atom is -0.380 e. The van der Waals surface area contributed by atoms with Gasteiger partial charge in [0.15, 0.2) is 0 Å². The second kappa shape index (κ2) is 11.6. The Bertz CT molecular complexity index is 753. The van der Waals surface area contributed by atoms with E-state index in [1.165, 1.54) is 82.6 Å². The van der Waals surface area contributed by atoms with E-state index in [-0.39, 0.29) is 12.2 Å². The number of methoxy groups -OCH3 is 1. The number of halogens is 2. The second-order valence-electron chi connectivity index (χ2n) is 8.97. The van der Waals surface area contributed by atoms with Crippen LogP contribution < -0.4 is 0 Å². The molecule has 0 aliphatic heterocycles. The van der Waals surface area contributed by atoms with Crippen molar-refractivity contribution in [1.29, 1.82) is 0 Å². The summed E-state index contributed by atoms with van der Waals surface area (Å²) in [6.45, 7) is 2.22. The summed E-state index contributed by atoms with van der Waals surface area (Å²) in [6.07, 6.45) is 13.4. The van der Waals surface area contributed by atoms with Gasteiger partial charge in [-0.1, -0.05) is 82.6 Å². The lowest BCUT2D eigenvalue weighted by atomic mass is 9.78. The van der Waals surface area contributed by atoms with Crippen LogP contribution in [0.15, 0.2) is 36.4 Å². The van der Waals surface area contributed by atoms with E-state index in [4.69, 9.17) is 4.74 Å². The number of unbranched alkanes of at least 4 members (excludes halogenated alkanes) is 2. The first-order valence-corrected chi connectivity index (χ1v) is 11.7. The van der Waals surface area contributed by atoms with Crippen LogP contribution in [0.4, 0.5) is 8.78 Å². The van der Waals surface area contributed by atoms with E-state index in [1.54, 1.807) is 0 Å². The minimum atomic E-state index is -0.554. The maximum Gasteiger partial charge on any atom is 0.132 e. The van der Waals surface area contributed by atoms with Crippen LogP contribution in [0.5, 0.6) is 0 Å². The Labute approximate surface area is 180 Å². The van der Waals surface area contributed by atoms with Crippen molar-refractivity contribution in [2.75, 3.05) is 7.11 Å². The molecule has 0 radical (unpaired) electrons. The molecule has 1 nitrogen and oxygen atoms in total.